The van der Waals surface area contributed by atoms with Gasteiger partial charge in [0, 0.05) is 12.1 Å². The number of rotatable bonds is 6. The summed E-state index contributed by atoms with van der Waals surface area (Å²) in [5, 5.41) is 2.77. The van der Waals surface area contributed by atoms with Crippen LogP contribution in [0.4, 0.5) is 0 Å². The van der Waals surface area contributed by atoms with E-state index in [0.717, 1.165) is 29.4 Å². The zero-order chi connectivity index (χ0) is 13.0. The first kappa shape index (κ1) is 15.8. The third-order valence-electron chi connectivity index (χ3n) is 3.06. The summed E-state index contributed by atoms with van der Waals surface area (Å²) in [5.41, 5.74) is 7.43. The highest BCUT2D eigenvalue weighted by molar-refractivity contribution is 5.85. The molecule has 2 rings (SSSR count). The summed E-state index contributed by atoms with van der Waals surface area (Å²) in [6.07, 6.45) is 2.54. The Bertz CT molecular complexity index is 433. The summed E-state index contributed by atoms with van der Waals surface area (Å²) >= 11 is 0. The van der Waals surface area contributed by atoms with Gasteiger partial charge in [0.15, 0.2) is 0 Å². The van der Waals surface area contributed by atoms with Crippen molar-refractivity contribution in [1.29, 1.82) is 0 Å². The normalized spacial score (nSPS) is 13.6. The summed E-state index contributed by atoms with van der Waals surface area (Å²) in [5.74, 6) is 1.44. The Morgan fingerprint density at radius 3 is 2.84 bits per heavy atom. The van der Waals surface area contributed by atoms with E-state index in [2.05, 4.69) is 5.32 Å². The number of carbonyl (C=O) groups is 1. The van der Waals surface area contributed by atoms with Gasteiger partial charge in [-0.1, -0.05) is 12.1 Å². The van der Waals surface area contributed by atoms with Gasteiger partial charge in [0.2, 0.25) is 5.91 Å². The van der Waals surface area contributed by atoms with Crippen LogP contribution in [0.3, 0.4) is 0 Å². The zero-order valence-corrected chi connectivity index (χ0v) is 12.0. The Morgan fingerprint density at radius 2 is 2.21 bits per heavy atom. The van der Waals surface area contributed by atoms with Crippen LogP contribution in [0.2, 0.25) is 0 Å². The molecule has 4 nitrogen and oxygen atoms in total. The standard InChI is InChI=1S/C14H20N2O2.ClH/c1-10-2-5-12(8-16-14(17)7-15)13(6-10)18-9-11-3-4-11;/h2,5-6,11H,3-4,7-9,15H2,1H3,(H,16,17);1H. The number of nitrogens with one attached hydrogen (secondary N) is 1. The molecule has 5 heteroatoms. The lowest BCUT2D eigenvalue weighted by Crippen LogP contribution is -2.29. The van der Waals surface area contributed by atoms with Crippen molar-refractivity contribution in [1.82, 2.24) is 5.32 Å². The lowest BCUT2D eigenvalue weighted by atomic mass is 10.1. The summed E-state index contributed by atoms with van der Waals surface area (Å²) in [6.45, 7) is 3.30. The lowest BCUT2D eigenvalue weighted by molar-refractivity contribution is -0.119. The predicted molar refractivity (Wildman–Crippen MR) is 77.5 cm³/mol. The molecule has 1 amide bonds. The van der Waals surface area contributed by atoms with E-state index in [1.165, 1.54) is 12.8 Å². The quantitative estimate of drug-likeness (QED) is 0.837. The molecule has 0 heterocycles. The molecular weight excluding hydrogens is 264 g/mol. The summed E-state index contributed by atoms with van der Waals surface area (Å²) in [4.78, 5) is 11.2. The minimum absolute atomic E-state index is 0. The van der Waals surface area contributed by atoms with E-state index in [-0.39, 0.29) is 24.9 Å². The van der Waals surface area contributed by atoms with Crippen molar-refractivity contribution >= 4 is 18.3 Å². The molecule has 106 valence electrons. The molecule has 0 aromatic heterocycles. The van der Waals surface area contributed by atoms with E-state index in [4.69, 9.17) is 10.5 Å². The maximum absolute atomic E-state index is 11.2. The van der Waals surface area contributed by atoms with Crippen LogP contribution in [0.1, 0.15) is 24.0 Å². The van der Waals surface area contributed by atoms with Crippen molar-refractivity contribution < 1.29 is 9.53 Å². The van der Waals surface area contributed by atoms with Crippen LogP contribution < -0.4 is 15.8 Å². The van der Waals surface area contributed by atoms with Gasteiger partial charge < -0.3 is 15.8 Å². The first-order chi connectivity index (χ1) is 8.69. The molecule has 1 saturated carbocycles. The first-order valence-electron chi connectivity index (χ1n) is 6.38. The van der Waals surface area contributed by atoms with Crippen LogP contribution in [0.25, 0.3) is 0 Å². The lowest BCUT2D eigenvalue weighted by Gasteiger charge is -2.12. The Kier molecular flexibility index (Phi) is 6.12. The average Bonchev–Trinajstić information content (AvgIpc) is 3.18. The van der Waals surface area contributed by atoms with Crippen molar-refractivity contribution in [3.05, 3.63) is 29.3 Å². The smallest absolute Gasteiger partial charge is 0.234 e. The molecule has 0 unspecified atom stereocenters. The molecule has 0 bridgehead atoms. The van der Waals surface area contributed by atoms with Crippen LogP contribution >= 0.6 is 12.4 Å². The number of carbonyl (C=O) groups excluding carboxylic acids is 1. The van der Waals surface area contributed by atoms with Crippen LogP contribution in [-0.2, 0) is 11.3 Å². The SMILES string of the molecule is Cc1ccc(CNC(=O)CN)c(OCC2CC2)c1.Cl. The summed E-state index contributed by atoms with van der Waals surface area (Å²) in [6, 6.07) is 6.04. The number of nitrogens with two attached hydrogens (primary N) is 1. The third kappa shape index (κ3) is 5.09. The van der Waals surface area contributed by atoms with Gasteiger partial charge in [0.1, 0.15) is 5.75 Å². The van der Waals surface area contributed by atoms with E-state index in [0.29, 0.717) is 6.54 Å². The first-order valence-corrected chi connectivity index (χ1v) is 6.38. The average molecular weight is 285 g/mol. The maximum Gasteiger partial charge on any atom is 0.234 e. The highest BCUT2D eigenvalue weighted by Gasteiger charge is 2.22. The van der Waals surface area contributed by atoms with Crippen LogP contribution in [-0.4, -0.2) is 19.1 Å². The van der Waals surface area contributed by atoms with Crippen LogP contribution in [0.5, 0.6) is 5.75 Å². The number of aryl methyl sites for hydroxylation is 1. The predicted octanol–water partition coefficient (Wildman–Crippen LogP) is 1.78. The monoisotopic (exact) mass is 284 g/mol. The molecule has 0 spiro atoms. The molecule has 1 aliphatic rings. The molecular formula is C14H21ClN2O2. The minimum Gasteiger partial charge on any atom is -0.493 e. The number of amides is 1. The van der Waals surface area contributed by atoms with Crippen LogP contribution in [0.15, 0.2) is 18.2 Å². The van der Waals surface area contributed by atoms with Gasteiger partial charge in [-0.25, -0.2) is 0 Å². The van der Waals surface area contributed by atoms with Crippen LogP contribution in [0, 0.1) is 12.8 Å². The number of hydrogen-bond acceptors (Lipinski definition) is 3. The van der Waals surface area contributed by atoms with Crippen molar-refractivity contribution in [2.24, 2.45) is 11.7 Å². The van der Waals surface area contributed by atoms with Crippen molar-refractivity contribution in [3.63, 3.8) is 0 Å². The fraction of sp³-hybridized carbons (Fsp3) is 0.500. The van der Waals surface area contributed by atoms with Crippen molar-refractivity contribution in [3.8, 4) is 5.75 Å². The van der Waals surface area contributed by atoms with E-state index < -0.39 is 0 Å². The Hall–Kier alpha value is -1.26. The number of hydrogen-bond donors (Lipinski definition) is 2. The van der Waals surface area contributed by atoms with Gasteiger partial charge >= 0.3 is 0 Å². The van der Waals surface area contributed by atoms with Crippen molar-refractivity contribution in [2.45, 2.75) is 26.3 Å². The fourth-order valence-corrected chi connectivity index (χ4v) is 1.70. The van der Waals surface area contributed by atoms with E-state index in [9.17, 15) is 4.79 Å². The van der Waals surface area contributed by atoms with E-state index in [1.807, 2.05) is 25.1 Å². The maximum atomic E-state index is 11.2. The second-order valence-corrected chi connectivity index (χ2v) is 4.85. The van der Waals surface area contributed by atoms with Gasteiger partial charge in [0.05, 0.1) is 13.2 Å². The molecule has 0 radical (unpaired) electrons. The van der Waals surface area contributed by atoms with E-state index in [1.54, 1.807) is 0 Å². The highest BCUT2D eigenvalue weighted by Crippen LogP contribution is 2.30. The van der Waals surface area contributed by atoms with E-state index >= 15 is 0 Å². The highest BCUT2D eigenvalue weighted by atomic mass is 35.5. The Morgan fingerprint density at radius 1 is 1.47 bits per heavy atom. The molecule has 0 aliphatic heterocycles. The van der Waals surface area contributed by atoms with Crippen molar-refractivity contribution in [2.75, 3.05) is 13.2 Å². The molecule has 0 saturated heterocycles. The zero-order valence-electron chi connectivity index (χ0n) is 11.1. The van der Waals surface area contributed by atoms with Gasteiger partial charge in [-0.05, 0) is 37.3 Å². The molecule has 0 atom stereocenters. The Labute approximate surface area is 120 Å². The second-order valence-electron chi connectivity index (χ2n) is 4.85. The number of halogens is 1. The van der Waals surface area contributed by atoms with Gasteiger partial charge in [-0.15, -0.1) is 12.4 Å². The topological polar surface area (TPSA) is 64.4 Å². The van der Waals surface area contributed by atoms with Gasteiger partial charge in [-0.2, -0.15) is 0 Å². The summed E-state index contributed by atoms with van der Waals surface area (Å²) < 4.78 is 5.83. The minimum atomic E-state index is -0.149. The number of benzene rings is 1. The second kappa shape index (κ2) is 7.36. The molecule has 1 aromatic rings. The molecule has 1 aromatic carbocycles. The van der Waals surface area contributed by atoms with Gasteiger partial charge in [0.25, 0.3) is 0 Å². The molecule has 3 N–H and O–H groups in total. The molecule has 1 fully saturated rings. The Balaban J connectivity index is 0.00000180. The molecule has 1 aliphatic carbocycles. The molecule has 19 heavy (non-hydrogen) atoms. The number of ether oxygens (including phenoxy) is 1. The third-order valence-corrected chi connectivity index (χ3v) is 3.06. The van der Waals surface area contributed by atoms with Gasteiger partial charge in [-0.3, -0.25) is 4.79 Å². The fourth-order valence-electron chi connectivity index (χ4n) is 1.70. The largest absolute Gasteiger partial charge is 0.493 e. The summed E-state index contributed by atoms with van der Waals surface area (Å²) in [7, 11) is 0.